The summed E-state index contributed by atoms with van der Waals surface area (Å²) >= 11 is 0. The highest BCUT2D eigenvalue weighted by Crippen LogP contribution is 2.54. The summed E-state index contributed by atoms with van der Waals surface area (Å²) in [6, 6.07) is 7.35. The van der Waals surface area contributed by atoms with Crippen LogP contribution in [-0.4, -0.2) is 46.7 Å². The lowest BCUT2D eigenvalue weighted by Gasteiger charge is -2.45. The van der Waals surface area contributed by atoms with Gasteiger partial charge in [-0.15, -0.1) is 0 Å². The Balaban J connectivity index is 1.59. The number of ether oxygens (including phenoxy) is 1. The molecule has 4 N–H and O–H groups in total. The fourth-order valence-corrected chi connectivity index (χ4v) is 4.62. The van der Waals surface area contributed by atoms with E-state index in [2.05, 4.69) is 11.7 Å². The molecule has 2 aromatic rings. The number of aromatic nitrogens is 2. The van der Waals surface area contributed by atoms with E-state index in [-0.39, 0.29) is 22.9 Å². The monoisotopic (exact) mass is 395 g/mol. The van der Waals surface area contributed by atoms with Crippen LogP contribution in [0.3, 0.4) is 0 Å². The smallest absolute Gasteiger partial charge is 0.254 e. The summed E-state index contributed by atoms with van der Waals surface area (Å²) in [4.78, 5) is 25.8. The van der Waals surface area contributed by atoms with Gasteiger partial charge in [-0.05, 0) is 55.0 Å². The summed E-state index contributed by atoms with van der Waals surface area (Å²) in [5, 5.41) is 4.66. The van der Waals surface area contributed by atoms with Crippen molar-refractivity contribution in [1.29, 1.82) is 0 Å². The second-order valence-electron chi connectivity index (χ2n) is 7.92. The molecule has 4 rings (SSSR count). The number of hydrogen-bond acceptors (Lipinski definition) is 5. The third-order valence-electron chi connectivity index (χ3n) is 6.17. The van der Waals surface area contributed by atoms with Crippen molar-refractivity contribution >= 4 is 17.6 Å². The second-order valence-corrected chi connectivity index (χ2v) is 7.92. The molecule has 2 fully saturated rings. The lowest BCUT2D eigenvalue weighted by molar-refractivity contribution is -0.125. The maximum Gasteiger partial charge on any atom is 0.254 e. The maximum absolute atomic E-state index is 12.1. The molecule has 1 saturated heterocycles. The highest BCUT2D eigenvalue weighted by atomic mass is 16.5. The molecule has 8 heteroatoms. The van der Waals surface area contributed by atoms with Crippen molar-refractivity contribution < 1.29 is 14.3 Å². The van der Waals surface area contributed by atoms with Gasteiger partial charge in [0, 0.05) is 18.7 Å². The highest BCUT2D eigenvalue weighted by Gasteiger charge is 2.50. The van der Waals surface area contributed by atoms with Crippen molar-refractivity contribution in [2.24, 2.45) is 11.1 Å². The van der Waals surface area contributed by atoms with Crippen molar-refractivity contribution in [2.45, 2.75) is 25.3 Å². The Kier molecular flexibility index (Phi) is 4.56. The molecule has 2 heterocycles. The van der Waals surface area contributed by atoms with Crippen LogP contribution >= 0.6 is 0 Å². The number of methoxy groups -OCH3 is 1. The summed E-state index contributed by atoms with van der Waals surface area (Å²) in [6.45, 7) is 5.04. The van der Waals surface area contributed by atoms with Crippen LogP contribution in [0.4, 0.5) is 5.82 Å². The third-order valence-corrected chi connectivity index (χ3v) is 6.17. The van der Waals surface area contributed by atoms with Gasteiger partial charge in [0.2, 0.25) is 5.91 Å². The summed E-state index contributed by atoms with van der Waals surface area (Å²) < 4.78 is 6.91. The molecule has 1 aromatic heterocycles. The number of rotatable bonds is 5. The molecular formula is C21H25N5O3. The number of primary amides is 1. The molecule has 1 aromatic carbocycles. The average molecular weight is 395 g/mol. The number of carbonyl (C=O) groups is 2. The fourth-order valence-electron chi connectivity index (χ4n) is 4.62. The molecule has 0 bridgehead atoms. The molecular weight excluding hydrogens is 370 g/mol. The van der Waals surface area contributed by atoms with Gasteiger partial charge in [-0.3, -0.25) is 9.59 Å². The van der Waals surface area contributed by atoms with E-state index in [0.717, 1.165) is 37.9 Å². The Bertz CT molecular complexity index is 973. The molecule has 0 radical (unpaired) electrons. The highest BCUT2D eigenvalue weighted by molar-refractivity contribution is 6.03. The van der Waals surface area contributed by atoms with Crippen molar-refractivity contribution in [3.63, 3.8) is 0 Å². The Hall–Kier alpha value is -3.29. The van der Waals surface area contributed by atoms with E-state index in [1.807, 2.05) is 17.0 Å². The molecule has 152 valence electrons. The molecule has 0 atom stereocenters. The minimum atomic E-state index is -0.600. The number of anilines is 1. The molecule has 29 heavy (non-hydrogen) atoms. The molecule has 1 spiro atoms. The Morgan fingerprint density at radius 2 is 2.00 bits per heavy atom. The van der Waals surface area contributed by atoms with Crippen LogP contribution in [0, 0.1) is 5.41 Å². The van der Waals surface area contributed by atoms with Gasteiger partial charge in [0.05, 0.1) is 13.2 Å². The maximum atomic E-state index is 12.1. The lowest BCUT2D eigenvalue weighted by atomic mass is 9.65. The van der Waals surface area contributed by atoms with Crippen molar-refractivity contribution in [2.75, 3.05) is 25.9 Å². The van der Waals surface area contributed by atoms with Gasteiger partial charge in [0.25, 0.3) is 5.91 Å². The van der Waals surface area contributed by atoms with Crippen LogP contribution in [0.25, 0.3) is 11.3 Å². The van der Waals surface area contributed by atoms with Gasteiger partial charge in [0.1, 0.15) is 22.8 Å². The molecule has 1 aliphatic heterocycles. The fraction of sp³-hybridized carbons (Fsp3) is 0.381. The molecule has 2 aliphatic rings. The van der Waals surface area contributed by atoms with Crippen LogP contribution in [0.2, 0.25) is 0 Å². The van der Waals surface area contributed by atoms with Crippen LogP contribution in [-0.2, 0) is 4.79 Å². The predicted molar refractivity (Wildman–Crippen MR) is 109 cm³/mol. The number of hydrogen-bond donors (Lipinski definition) is 2. The first-order valence-corrected chi connectivity index (χ1v) is 9.61. The van der Waals surface area contributed by atoms with E-state index in [0.29, 0.717) is 17.3 Å². The van der Waals surface area contributed by atoms with Crippen molar-refractivity contribution in [3.05, 3.63) is 42.5 Å². The number of benzene rings is 1. The number of nitrogens with two attached hydrogens (primary N) is 2. The zero-order valence-corrected chi connectivity index (χ0v) is 16.4. The van der Waals surface area contributed by atoms with Crippen LogP contribution in [0.15, 0.2) is 36.9 Å². The van der Waals surface area contributed by atoms with E-state index >= 15 is 0 Å². The standard InChI is InChI=1S/C21H25N5O3/c1-3-16(27)25-9-8-21(12-25)10-14(11-21)26-19(22)17(20(23)28)18(24-26)13-4-6-15(29-2)7-5-13/h3-7,14H,1,8-12,22H2,2H3,(H2,23,28)/t14-,21-. The summed E-state index contributed by atoms with van der Waals surface area (Å²) in [7, 11) is 1.59. The van der Waals surface area contributed by atoms with Crippen LogP contribution in [0.5, 0.6) is 5.75 Å². The van der Waals surface area contributed by atoms with Gasteiger partial charge in [0.15, 0.2) is 0 Å². The molecule has 0 unspecified atom stereocenters. The summed E-state index contributed by atoms with van der Waals surface area (Å²) in [6.07, 6.45) is 4.04. The average Bonchev–Trinajstić information content (AvgIpc) is 3.28. The van der Waals surface area contributed by atoms with Gasteiger partial charge >= 0.3 is 0 Å². The summed E-state index contributed by atoms with van der Waals surface area (Å²) in [5.41, 5.74) is 13.5. The van der Waals surface area contributed by atoms with Crippen LogP contribution in [0.1, 0.15) is 35.7 Å². The topological polar surface area (TPSA) is 116 Å². The lowest BCUT2D eigenvalue weighted by Crippen LogP contribution is -2.42. The molecule has 1 aliphatic carbocycles. The van der Waals surface area contributed by atoms with Crippen molar-refractivity contribution in [1.82, 2.24) is 14.7 Å². The van der Waals surface area contributed by atoms with E-state index in [9.17, 15) is 9.59 Å². The SMILES string of the molecule is C=CC(=O)N1CC[C@]2(C1)C[C@H](n1nc(-c3ccc(OC)cc3)c(C(N)=O)c1N)C2. The number of carbonyl (C=O) groups excluding carboxylic acids is 2. The molecule has 1 saturated carbocycles. The van der Waals surface area contributed by atoms with E-state index in [4.69, 9.17) is 16.2 Å². The normalized spacial score (nSPS) is 23.1. The predicted octanol–water partition coefficient (Wildman–Crippen LogP) is 1.98. The summed E-state index contributed by atoms with van der Waals surface area (Å²) in [5.74, 6) is 0.377. The zero-order valence-electron chi connectivity index (χ0n) is 16.4. The number of nitrogens with zero attached hydrogens (tertiary/aromatic N) is 3. The molecule has 2 amide bonds. The minimum absolute atomic E-state index is 0.0262. The number of nitrogen functional groups attached to an aromatic ring is 1. The first-order valence-electron chi connectivity index (χ1n) is 9.61. The Morgan fingerprint density at radius 1 is 1.31 bits per heavy atom. The number of likely N-dealkylation sites (tertiary alicyclic amines) is 1. The first kappa shape index (κ1) is 19.0. The Labute approximate surface area is 169 Å². The first-order chi connectivity index (χ1) is 13.9. The Morgan fingerprint density at radius 3 is 2.59 bits per heavy atom. The van der Waals surface area contributed by atoms with E-state index in [1.54, 1.807) is 23.9 Å². The van der Waals surface area contributed by atoms with Crippen molar-refractivity contribution in [3.8, 4) is 17.0 Å². The largest absolute Gasteiger partial charge is 0.497 e. The minimum Gasteiger partial charge on any atom is -0.497 e. The second kappa shape index (κ2) is 6.95. The van der Waals surface area contributed by atoms with Gasteiger partial charge < -0.3 is 21.1 Å². The van der Waals surface area contributed by atoms with Gasteiger partial charge in [-0.25, -0.2) is 4.68 Å². The van der Waals surface area contributed by atoms with E-state index < -0.39 is 5.91 Å². The quantitative estimate of drug-likeness (QED) is 0.751. The number of amides is 2. The van der Waals surface area contributed by atoms with Gasteiger partial charge in [-0.2, -0.15) is 5.10 Å². The zero-order chi connectivity index (χ0) is 20.8. The van der Waals surface area contributed by atoms with Crippen LogP contribution < -0.4 is 16.2 Å². The molecule has 8 nitrogen and oxygen atoms in total. The third kappa shape index (κ3) is 3.14. The van der Waals surface area contributed by atoms with E-state index in [1.165, 1.54) is 6.08 Å². The van der Waals surface area contributed by atoms with Gasteiger partial charge in [-0.1, -0.05) is 6.58 Å².